The fraction of sp³-hybridized carbons (Fsp3) is 0.923. The van der Waals surface area contributed by atoms with Gasteiger partial charge in [-0.2, -0.15) is 12.6 Å². The van der Waals surface area contributed by atoms with Crippen LogP contribution in [0.5, 0.6) is 0 Å². The minimum Gasteiger partial charge on any atom is -0.299 e. The van der Waals surface area contributed by atoms with Crippen LogP contribution in [0.3, 0.4) is 0 Å². The Hall–Kier alpha value is 0.0200. The van der Waals surface area contributed by atoms with Crippen molar-refractivity contribution in [3.05, 3.63) is 0 Å². The van der Waals surface area contributed by atoms with Crippen LogP contribution in [0.15, 0.2) is 0 Å². The largest absolute Gasteiger partial charge is 0.299 e. The van der Waals surface area contributed by atoms with Crippen LogP contribution in [0.2, 0.25) is 0 Å². The van der Waals surface area contributed by atoms with Gasteiger partial charge in [0.1, 0.15) is 5.78 Å². The lowest BCUT2D eigenvalue weighted by Gasteiger charge is -2.32. The molecule has 15 heavy (non-hydrogen) atoms. The van der Waals surface area contributed by atoms with Gasteiger partial charge in [0, 0.05) is 11.3 Å². The highest BCUT2D eigenvalue weighted by atomic mass is 32.1. The lowest BCUT2D eigenvalue weighted by Crippen LogP contribution is -2.33. The van der Waals surface area contributed by atoms with Gasteiger partial charge in [0.25, 0.3) is 0 Å². The van der Waals surface area contributed by atoms with Gasteiger partial charge < -0.3 is 0 Å². The molecule has 0 radical (unpaired) electrons. The zero-order valence-corrected chi connectivity index (χ0v) is 10.9. The molecule has 0 amide bonds. The van der Waals surface area contributed by atoms with E-state index in [-0.39, 0.29) is 10.8 Å². The maximum atomic E-state index is 12.4. The first kappa shape index (κ1) is 11.5. The van der Waals surface area contributed by atoms with Crippen LogP contribution >= 0.6 is 12.6 Å². The van der Waals surface area contributed by atoms with Crippen LogP contribution in [-0.2, 0) is 4.79 Å². The molecule has 2 heteroatoms. The molecule has 0 unspecified atom stereocenters. The summed E-state index contributed by atoms with van der Waals surface area (Å²) in [6.07, 6.45) is 4.52. The van der Waals surface area contributed by atoms with Crippen LogP contribution in [0.1, 0.15) is 46.5 Å². The molecule has 2 aliphatic rings. The molecule has 2 saturated carbocycles. The van der Waals surface area contributed by atoms with Gasteiger partial charge in [-0.1, -0.05) is 20.8 Å². The van der Waals surface area contributed by atoms with Crippen LogP contribution in [-0.4, -0.2) is 11.5 Å². The average Bonchev–Trinajstić information content (AvgIpc) is 2.48. The summed E-state index contributed by atoms with van der Waals surface area (Å²) in [5.74, 6) is 2.43. The van der Waals surface area contributed by atoms with E-state index in [1.54, 1.807) is 0 Å². The van der Waals surface area contributed by atoms with Crippen molar-refractivity contribution in [2.24, 2.45) is 22.7 Å². The fourth-order valence-electron chi connectivity index (χ4n) is 3.92. The first-order valence-electron chi connectivity index (χ1n) is 6.10. The lowest BCUT2D eigenvalue weighted by molar-refractivity contribution is -0.131. The second-order valence-electron chi connectivity index (χ2n) is 6.04. The minimum atomic E-state index is -0.0288. The minimum absolute atomic E-state index is 0.0288. The third-order valence-corrected chi connectivity index (χ3v) is 5.66. The van der Waals surface area contributed by atoms with Crippen molar-refractivity contribution in [3.8, 4) is 0 Å². The molecule has 0 aromatic carbocycles. The Morgan fingerprint density at radius 1 is 1.40 bits per heavy atom. The van der Waals surface area contributed by atoms with Gasteiger partial charge in [0.2, 0.25) is 0 Å². The molecule has 0 heterocycles. The molecule has 0 aliphatic heterocycles. The Kier molecular flexibility index (Phi) is 2.69. The maximum Gasteiger partial charge on any atom is 0.142 e. The predicted molar refractivity (Wildman–Crippen MR) is 66.2 cm³/mol. The van der Waals surface area contributed by atoms with E-state index >= 15 is 0 Å². The molecule has 2 bridgehead atoms. The van der Waals surface area contributed by atoms with E-state index in [0.717, 1.165) is 25.0 Å². The van der Waals surface area contributed by atoms with Crippen molar-refractivity contribution in [1.29, 1.82) is 0 Å². The third-order valence-electron chi connectivity index (χ3n) is 5.34. The number of hydrogen-bond acceptors (Lipinski definition) is 2. The number of thiol groups is 1. The molecule has 0 saturated heterocycles. The predicted octanol–water partition coefficient (Wildman–Crippen LogP) is 3.34. The molecule has 2 fully saturated rings. The van der Waals surface area contributed by atoms with E-state index in [1.807, 2.05) is 0 Å². The molecular formula is C13H22OS. The highest BCUT2D eigenvalue weighted by molar-refractivity contribution is 7.80. The lowest BCUT2D eigenvalue weighted by atomic mass is 9.70. The van der Waals surface area contributed by atoms with Crippen LogP contribution in [0.25, 0.3) is 0 Å². The maximum absolute atomic E-state index is 12.4. The number of rotatable bonds is 3. The number of carbonyl (C=O) groups excluding carboxylic acids is 1. The number of hydrogen-bond donors (Lipinski definition) is 1. The Bertz CT molecular complexity index is 284. The summed E-state index contributed by atoms with van der Waals surface area (Å²) in [5, 5.41) is 0. The van der Waals surface area contributed by atoms with Crippen molar-refractivity contribution in [3.63, 3.8) is 0 Å². The van der Waals surface area contributed by atoms with Crippen molar-refractivity contribution in [2.75, 3.05) is 5.75 Å². The summed E-state index contributed by atoms with van der Waals surface area (Å²) in [6.45, 7) is 6.78. The van der Waals surface area contributed by atoms with E-state index in [2.05, 4.69) is 33.4 Å². The van der Waals surface area contributed by atoms with Crippen molar-refractivity contribution >= 4 is 18.4 Å². The fourth-order valence-corrected chi connectivity index (χ4v) is 4.10. The quantitative estimate of drug-likeness (QED) is 0.730. The van der Waals surface area contributed by atoms with Crippen molar-refractivity contribution in [1.82, 2.24) is 0 Å². The highest BCUT2D eigenvalue weighted by Crippen LogP contribution is 2.66. The van der Waals surface area contributed by atoms with Crippen LogP contribution < -0.4 is 0 Å². The van der Waals surface area contributed by atoms with Gasteiger partial charge in [-0.15, -0.1) is 0 Å². The summed E-state index contributed by atoms with van der Waals surface area (Å²) in [4.78, 5) is 12.4. The normalized spacial score (nSPS) is 42.5. The van der Waals surface area contributed by atoms with Gasteiger partial charge in [-0.05, 0) is 42.8 Å². The molecule has 1 nitrogen and oxygen atoms in total. The molecule has 86 valence electrons. The van der Waals surface area contributed by atoms with E-state index in [4.69, 9.17) is 0 Å². The molecule has 3 atom stereocenters. The zero-order chi connectivity index (χ0) is 11.3. The van der Waals surface area contributed by atoms with E-state index in [1.165, 1.54) is 6.42 Å². The molecule has 0 N–H and O–H groups in total. The van der Waals surface area contributed by atoms with Gasteiger partial charge in [-0.25, -0.2) is 0 Å². The monoisotopic (exact) mass is 226 g/mol. The summed E-state index contributed by atoms with van der Waals surface area (Å²) in [5.41, 5.74) is 0.199. The second kappa shape index (κ2) is 3.51. The van der Waals surface area contributed by atoms with E-state index in [0.29, 0.717) is 17.6 Å². The standard InChI is InChI=1S/C13H22OS/c1-12(2)10-6-7-13(12,3)11(14)9(10)5-4-8-15/h9-10,15H,4-8H2,1-3H3/t9-,10-,13+/m1/s1. The van der Waals surface area contributed by atoms with Crippen LogP contribution in [0.4, 0.5) is 0 Å². The number of carbonyl (C=O) groups is 1. The third kappa shape index (κ3) is 1.33. The molecule has 2 aliphatic carbocycles. The van der Waals surface area contributed by atoms with Crippen molar-refractivity contribution in [2.45, 2.75) is 46.5 Å². The molecule has 0 aromatic heterocycles. The SMILES string of the molecule is CC1(C)[C@@H]2CC[C@@]1(C)C(=O)[C@@H]2CCCS. The Labute approximate surface area is 98.4 Å². The van der Waals surface area contributed by atoms with Gasteiger partial charge in [-0.3, -0.25) is 4.79 Å². The molecule has 0 spiro atoms. The topological polar surface area (TPSA) is 17.1 Å². The summed E-state index contributed by atoms with van der Waals surface area (Å²) < 4.78 is 0. The second-order valence-corrected chi connectivity index (χ2v) is 6.48. The first-order chi connectivity index (χ1) is 6.95. The summed E-state index contributed by atoms with van der Waals surface area (Å²) in [7, 11) is 0. The Morgan fingerprint density at radius 3 is 2.53 bits per heavy atom. The summed E-state index contributed by atoms with van der Waals surface area (Å²) >= 11 is 4.25. The van der Waals surface area contributed by atoms with Gasteiger partial charge in [0.15, 0.2) is 0 Å². The van der Waals surface area contributed by atoms with Crippen molar-refractivity contribution < 1.29 is 4.79 Å². The smallest absolute Gasteiger partial charge is 0.142 e. The van der Waals surface area contributed by atoms with Gasteiger partial charge in [0.05, 0.1) is 0 Å². The first-order valence-corrected chi connectivity index (χ1v) is 6.73. The zero-order valence-electron chi connectivity index (χ0n) is 10.0. The van der Waals surface area contributed by atoms with E-state index < -0.39 is 0 Å². The number of fused-ring (bicyclic) bond motifs is 2. The van der Waals surface area contributed by atoms with Gasteiger partial charge >= 0.3 is 0 Å². The Morgan fingerprint density at radius 2 is 2.07 bits per heavy atom. The Balaban J connectivity index is 2.22. The molecule has 0 aromatic rings. The van der Waals surface area contributed by atoms with E-state index in [9.17, 15) is 4.79 Å². The number of Topliss-reactive ketones (excluding diaryl/α,β-unsaturated/α-hetero) is 1. The van der Waals surface area contributed by atoms with Crippen LogP contribution in [0, 0.1) is 22.7 Å². The summed E-state index contributed by atoms with van der Waals surface area (Å²) in [6, 6.07) is 0. The average molecular weight is 226 g/mol. The molecule has 2 rings (SSSR count). The number of ketones is 1. The highest BCUT2D eigenvalue weighted by Gasteiger charge is 2.65. The molecular weight excluding hydrogens is 204 g/mol.